The van der Waals surface area contributed by atoms with E-state index in [4.69, 9.17) is 5.73 Å². The lowest BCUT2D eigenvalue weighted by Crippen LogP contribution is -2.19. The number of anilines is 1. The molecule has 0 saturated carbocycles. The van der Waals surface area contributed by atoms with E-state index in [1.807, 2.05) is 0 Å². The molecule has 2 N–H and O–H groups in total. The minimum Gasteiger partial charge on any atom is -0.325 e. The molecule has 18 heavy (non-hydrogen) atoms. The molecule has 0 aromatic heterocycles. The van der Waals surface area contributed by atoms with Crippen LogP contribution in [0.3, 0.4) is 0 Å². The number of benzene rings is 1. The average molecular weight is 257 g/mol. The Balaban J connectivity index is 2.25. The van der Waals surface area contributed by atoms with Crippen molar-refractivity contribution in [2.24, 2.45) is 10.8 Å². The van der Waals surface area contributed by atoms with Gasteiger partial charge in [0, 0.05) is 6.54 Å². The van der Waals surface area contributed by atoms with Crippen LogP contribution in [-0.4, -0.2) is 18.2 Å². The second-order valence-electron chi connectivity index (χ2n) is 3.80. The Morgan fingerprint density at radius 1 is 1.28 bits per heavy atom. The van der Waals surface area contributed by atoms with Crippen molar-refractivity contribution in [1.29, 1.82) is 0 Å². The molecule has 1 heterocycles. The highest BCUT2D eigenvalue weighted by Gasteiger charge is 2.31. The summed E-state index contributed by atoms with van der Waals surface area (Å²) in [5.41, 5.74) is 5.41. The maximum atomic E-state index is 12.4. The van der Waals surface area contributed by atoms with Crippen LogP contribution in [0.4, 0.5) is 18.9 Å². The third-order valence-corrected chi connectivity index (χ3v) is 2.51. The molecule has 7 heteroatoms. The highest BCUT2D eigenvalue weighted by atomic mass is 19.4. The van der Waals surface area contributed by atoms with Crippen molar-refractivity contribution >= 4 is 17.3 Å². The molecule has 0 spiro atoms. The number of carbonyl (C=O) groups excluding carboxylic acids is 1. The summed E-state index contributed by atoms with van der Waals surface area (Å²) in [7, 11) is 0. The average Bonchev–Trinajstić information content (AvgIpc) is 2.70. The van der Waals surface area contributed by atoms with E-state index in [2.05, 4.69) is 5.10 Å². The fourth-order valence-corrected chi connectivity index (χ4v) is 1.59. The van der Waals surface area contributed by atoms with Gasteiger partial charge in [-0.1, -0.05) is 0 Å². The molecule has 0 radical (unpaired) electrons. The van der Waals surface area contributed by atoms with E-state index in [1.165, 1.54) is 12.1 Å². The van der Waals surface area contributed by atoms with Crippen molar-refractivity contribution in [1.82, 2.24) is 0 Å². The van der Waals surface area contributed by atoms with Gasteiger partial charge in [-0.3, -0.25) is 4.79 Å². The van der Waals surface area contributed by atoms with E-state index in [1.54, 1.807) is 0 Å². The molecular formula is C11H10F3N3O. The summed E-state index contributed by atoms with van der Waals surface area (Å²) in [5.74, 6) is -0.296. The number of alkyl halides is 3. The van der Waals surface area contributed by atoms with Gasteiger partial charge < -0.3 is 5.73 Å². The number of hydrazone groups is 1. The summed E-state index contributed by atoms with van der Waals surface area (Å²) >= 11 is 0. The highest BCUT2D eigenvalue weighted by Crippen LogP contribution is 2.31. The number of halogens is 3. The van der Waals surface area contributed by atoms with E-state index in [0.29, 0.717) is 11.4 Å². The van der Waals surface area contributed by atoms with Crippen LogP contribution in [-0.2, 0) is 11.0 Å². The van der Waals surface area contributed by atoms with Crippen molar-refractivity contribution in [3.8, 4) is 0 Å². The summed E-state index contributed by atoms with van der Waals surface area (Å²) in [6.45, 7) is 0.156. The normalized spacial score (nSPS) is 16.1. The second-order valence-corrected chi connectivity index (χ2v) is 3.80. The maximum Gasteiger partial charge on any atom is 0.416 e. The van der Waals surface area contributed by atoms with Crippen LogP contribution in [0, 0.1) is 0 Å². The summed E-state index contributed by atoms with van der Waals surface area (Å²) < 4.78 is 37.1. The van der Waals surface area contributed by atoms with Crippen molar-refractivity contribution in [2.45, 2.75) is 12.6 Å². The third-order valence-electron chi connectivity index (χ3n) is 2.51. The van der Waals surface area contributed by atoms with Gasteiger partial charge in [0.05, 0.1) is 23.4 Å². The van der Waals surface area contributed by atoms with Crippen molar-refractivity contribution in [3.63, 3.8) is 0 Å². The molecule has 1 aliphatic heterocycles. The highest BCUT2D eigenvalue weighted by molar-refractivity contribution is 6.13. The van der Waals surface area contributed by atoms with Crippen LogP contribution < -0.4 is 10.7 Å². The topological polar surface area (TPSA) is 58.7 Å². The molecule has 2 rings (SSSR count). The molecule has 0 bridgehead atoms. The smallest absolute Gasteiger partial charge is 0.325 e. The minimum absolute atomic E-state index is 0.109. The van der Waals surface area contributed by atoms with Gasteiger partial charge in [-0.2, -0.15) is 18.3 Å². The van der Waals surface area contributed by atoms with Crippen LogP contribution in [0.5, 0.6) is 0 Å². The molecule has 0 aliphatic carbocycles. The lowest BCUT2D eigenvalue weighted by Gasteiger charge is -2.13. The van der Waals surface area contributed by atoms with E-state index >= 15 is 0 Å². The Hall–Kier alpha value is -1.89. The third kappa shape index (κ3) is 2.35. The van der Waals surface area contributed by atoms with Gasteiger partial charge in [-0.15, -0.1) is 0 Å². The predicted octanol–water partition coefficient (Wildman–Crippen LogP) is 1.76. The fourth-order valence-electron chi connectivity index (χ4n) is 1.59. The predicted molar refractivity (Wildman–Crippen MR) is 60.0 cm³/mol. The van der Waals surface area contributed by atoms with Crippen molar-refractivity contribution in [3.05, 3.63) is 29.8 Å². The largest absolute Gasteiger partial charge is 0.416 e. The number of amides is 1. The van der Waals surface area contributed by atoms with Gasteiger partial charge in [-0.25, -0.2) is 5.01 Å². The number of hydrogen-bond acceptors (Lipinski definition) is 3. The standard InChI is InChI=1S/C11H10F3N3O/c12-11(13,14)7-1-3-9(4-2-7)17-10(18)5-8(6-15)16-17/h1-4H,5-6,15H2. The van der Waals surface area contributed by atoms with Crippen molar-refractivity contribution in [2.75, 3.05) is 11.6 Å². The van der Waals surface area contributed by atoms with Gasteiger partial charge in [-0.05, 0) is 24.3 Å². The Kier molecular flexibility index (Phi) is 3.08. The summed E-state index contributed by atoms with van der Waals surface area (Å²) in [6.07, 6.45) is -4.28. The van der Waals surface area contributed by atoms with Crippen LogP contribution in [0.2, 0.25) is 0 Å². The molecule has 4 nitrogen and oxygen atoms in total. The second kappa shape index (κ2) is 4.41. The van der Waals surface area contributed by atoms with Crippen molar-refractivity contribution < 1.29 is 18.0 Å². The number of carbonyl (C=O) groups is 1. The number of hydrogen-bond donors (Lipinski definition) is 1. The summed E-state index contributed by atoms with van der Waals surface area (Å²) in [4.78, 5) is 11.6. The lowest BCUT2D eigenvalue weighted by atomic mass is 10.2. The van der Waals surface area contributed by atoms with Crippen LogP contribution >= 0.6 is 0 Å². The molecule has 0 atom stereocenters. The first kappa shape index (κ1) is 12.6. The van der Waals surface area contributed by atoms with Crippen LogP contribution in [0.1, 0.15) is 12.0 Å². The van der Waals surface area contributed by atoms with E-state index in [-0.39, 0.29) is 18.9 Å². The Morgan fingerprint density at radius 3 is 2.33 bits per heavy atom. The van der Waals surface area contributed by atoms with E-state index in [0.717, 1.165) is 17.1 Å². The summed E-state index contributed by atoms with van der Waals surface area (Å²) in [6, 6.07) is 4.25. The van der Waals surface area contributed by atoms with Gasteiger partial charge in [0.1, 0.15) is 0 Å². The maximum absolute atomic E-state index is 12.4. The molecule has 1 aliphatic rings. The van der Waals surface area contributed by atoms with Crippen LogP contribution in [0.15, 0.2) is 29.4 Å². The zero-order valence-electron chi connectivity index (χ0n) is 9.24. The van der Waals surface area contributed by atoms with E-state index in [9.17, 15) is 18.0 Å². The number of nitrogens with zero attached hydrogens (tertiary/aromatic N) is 2. The first-order chi connectivity index (χ1) is 8.41. The molecule has 0 fully saturated rings. The molecule has 0 saturated heterocycles. The zero-order valence-corrected chi connectivity index (χ0v) is 9.24. The van der Waals surface area contributed by atoms with Gasteiger partial charge in [0.25, 0.3) is 5.91 Å². The monoisotopic (exact) mass is 257 g/mol. The van der Waals surface area contributed by atoms with E-state index < -0.39 is 11.7 Å². The van der Waals surface area contributed by atoms with Gasteiger partial charge >= 0.3 is 6.18 Å². The Morgan fingerprint density at radius 2 is 1.89 bits per heavy atom. The molecule has 1 aromatic carbocycles. The zero-order chi connectivity index (χ0) is 13.3. The number of rotatable bonds is 2. The summed E-state index contributed by atoms with van der Waals surface area (Å²) in [5, 5.41) is 5.02. The Labute approximate surface area is 101 Å². The first-order valence-corrected chi connectivity index (χ1v) is 5.18. The number of nitrogens with two attached hydrogens (primary N) is 1. The first-order valence-electron chi connectivity index (χ1n) is 5.18. The van der Waals surface area contributed by atoms with Gasteiger partial charge in [0.15, 0.2) is 0 Å². The quantitative estimate of drug-likeness (QED) is 0.877. The molecule has 0 unspecified atom stereocenters. The SMILES string of the molecule is NCC1=NN(c2ccc(C(F)(F)F)cc2)C(=O)C1. The Bertz CT molecular complexity index is 493. The van der Waals surface area contributed by atoms with Gasteiger partial charge in [0.2, 0.25) is 0 Å². The molecule has 1 aromatic rings. The van der Waals surface area contributed by atoms with Crippen LogP contribution in [0.25, 0.3) is 0 Å². The molecule has 96 valence electrons. The molecular weight excluding hydrogens is 247 g/mol. The minimum atomic E-state index is -4.39. The lowest BCUT2D eigenvalue weighted by molar-refractivity contribution is -0.137. The fraction of sp³-hybridized carbons (Fsp3) is 0.273. The molecule has 1 amide bonds.